The predicted molar refractivity (Wildman–Crippen MR) is 74.1 cm³/mol. The Morgan fingerprint density at radius 3 is 2.37 bits per heavy atom. The first-order chi connectivity index (χ1) is 8.95. The fourth-order valence-corrected chi connectivity index (χ4v) is 2.15. The van der Waals surface area contributed by atoms with Crippen LogP contribution in [0.3, 0.4) is 0 Å². The van der Waals surface area contributed by atoms with Crippen LogP contribution >= 0.6 is 0 Å². The first kappa shape index (κ1) is 13.5. The molecule has 1 atom stereocenters. The molecule has 4 heteroatoms. The van der Waals surface area contributed by atoms with Gasteiger partial charge in [0.25, 0.3) is 5.56 Å². The predicted octanol–water partition coefficient (Wildman–Crippen LogP) is 1.90. The van der Waals surface area contributed by atoms with Crippen molar-refractivity contribution in [3.05, 3.63) is 63.3 Å². The van der Waals surface area contributed by atoms with Gasteiger partial charge in [-0.25, -0.2) is 4.98 Å². The van der Waals surface area contributed by atoms with Crippen molar-refractivity contribution in [2.24, 2.45) is 0 Å². The summed E-state index contributed by atoms with van der Waals surface area (Å²) < 4.78 is 1.43. The van der Waals surface area contributed by atoms with Gasteiger partial charge in [-0.15, -0.1) is 0 Å². The van der Waals surface area contributed by atoms with Gasteiger partial charge in [-0.1, -0.05) is 29.3 Å². The van der Waals surface area contributed by atoms with Crippen LogP contribution in [0.2, 0.25) is 0 Å². The Balaban J connectivity index is 2.25. The largest absolute Gasteiger partial charge is 0.387 e. The van der Waals surface area contributed by atoms with Gasteiger partial charge >= 0.3 is 0 Å². The molecule has 0 aliphatic carbocycles. The molecule has 19 heavy (non-hydrogen) atoms. The van der Waals surface area contributed by atoms with Gasteiger partial charge in [0, 0.05) is 11.8 Å². The van der Waals surface area contributed by atoms with Crippen molar-refractivity contribution in [2.45, 2.75) is 33.4 Å². The lowest BCUT2D eigenvalue weighted by Gasteiger charge is -2.14. The van der Waals surface area contributed by atoms with Gasteiger partial charge in [-0.3, -0.25) is 9.36 Å². The second-order valence-electron chi connectivity index (χ2n) is 4.96. The maximum Gasteiger partial charge on any atom is 0.253 e. The fourth-order valence-electron chi connectivity index (χ4n) is 2.15. The van der Waals surface area contributed by atoms with E-state index in [-0.39, 0.29) is 12.1 Å². The molecule has 0 spiro atoms. The molecule has 1 N–H and O–H groups in total. The summed E-state index contributed by atoms with van der Waals surface area (Å²) in [4.78, 5) is 15.8. The van der Waals surface area contributed by atoms with Crippen LogP contribution < -0.4 is 5.56 Å². The molecule has 0 saturated heterocycles. The molecule has 100 valence electrons. The summed E-state index contributed by atoms with van der Waals surface area (Å²) in [5.41, 5.74) is 3.56. The third kappa shape index (κ3) is 3.29. The zero-order valence-electron chi connectivity index (χ0n) is 11.4. The van der Waals surface area contributed by atoms with Crippen LogP contribution in [0.5, 0.6) is 0 Å². The molecule has 1 aromatic carbocycles. The van der Waals surface area contributed by atoms with Gasteiger partial charge in [-0.05, 0) is 26.3 Å². The molecular weight excluding hydrogens is 240 g/mol. The summed E-state index contributed by atoms with van der Waals surface area (Å²) in [6, 6.07) is 7.39. The minimum atomic E-state index is -0.708. The minimum Gasteiger partial charge on any atom is -0.387 e. The van der Waals surface area contributed by atoms with Crippen molar-refractivity contribution in [3.8, 4) is 0 Å². The third-order valence-electron chi connectivity index (χ3n) is 3.01. The number of rotatable bonds is 3. The van der Waals surface area contributed by atoms with Crippen molar-refractivity contribution in [1.82, 2.24) is 9.55 Å². The van der Waals surface area contributed by atoms with E-state index in [4.69, 9.17) is 0 Å². The monoisotopic (exact) mass is 258 g/mol. The summed E-state index contributed by atoms with van der Waals surface area (Å²) in [6.07, 6.45) is 0.768. The van der Waals surface area contributed by atoms with Crippen LogP contribution in [0, 0.1) is 20.8 Å². The molecule has 0 amide bonds. The molecule has 1 unspecified atom stereocenters. The Bertz CT molecular complexity index is 627. The van der Waals surface area contributed by atoms with Crippen molar-refractivity contribution in [3.63, 3.8) is 0 Å². The second-order valence-corrected chi connectivity index (χ2v) is 4.96. The average molecular weight is 258 g/mol. The van der Waals surface area contributed by atoms with Gasteiger partial charge < -0.3 is 5.11 Å². The van der Waals surface area contributed by atoms with E-state index in [2.05, 4.69) is 11.1 Å². The Morgan fingerprint density at radius 2 is 1.79 bits per heavy atom. The number of aryl methyl sites for hydroxylation is 3. The van der Waals surface area contributed by atoms with E-state index in [1.54, 1.807) is 6.92 Å². The summed E-state index contributed by atoms with van der Waals surface area (Å²) >= 11 is 0. The Hall–Kier alpha value is -1.94. The molecule has 0 saturated carbocycles. The number of aliphatic hydroxyl groups excluding tert-OH is 1. The number of benzene rings is 1. The number of aromatic nitrogens is 2. The smallest absolute Gasteiger partial charge is 0.253 e. The van der Waals surface area contributed by atoms with E-state index in [9.17, 15) is 9.90 Å². The molecule has 0 fully saturated rings. The first-order valence-electron chi connectivity index (χ1n) is 6.25. The highest BCUT2D eigenvalue weighted by molar-refractivity contribution is 5.29. The van der Waals surface area contributed by atoms with Crippen molar-refractivity contribution in [2.75, 3.05) is 0 Å². The lowest BCUT2D eigenvalue weighted by molar-refractivity contribution is 0.154. The van der Waals surface area contributed by atoms with E-state index in [1.807, 2.05) is 26.0 Å². The molecule has 0 bridgehead atoms. The Kier molecular flexibility index (Phi) is 3.81. The summed E-state index contributed by atoms with van der Waals surface area (Å²) in [6.45, 7) is 5.97. The van der Waals surface area contributed by atoms with E-state index in [0.717, 1.165) is 16.7 Å². The summed E-state index contributed by atoms with van der Waals surface area (Å²) in [7, 11) is 0. The van der Waals surface area contributed by atoms with Crippen molar-refractivity contribution in [1.29, 1.82) is 0 Å². The third-order valence-corrected chi connectivity index (χ3v) is 3.01. The topological polar surface area (TPSA) is 55.1 Å². The van der Waals surface area contributed by atoms with Crippen molar-refractivity contribution >= 4 is 0 Å². The van der Waals surface area contributed by atoms with Crippen LogP contribution in [0.15, 0.2) is 35.4 Å². The van der Waals surface area contributed by atoms with Crippen LogP contribution in [0.4, 0.5) is 0 Å². The van der Waals surface area contributed by atoms with Gasteiger partial charge in [0.05, 0.1) is 19.0 Å². The first-order valence-corrected chi connectivity index (χ1v) is 6.25. The molecule has 0 aliphatic heterocycles. The van der Waals surface area contributed by atoms with E-state index >= 15 is 0 Å². The summed E-state index contributed by atoms with van der Waals surface area (Å²) in [5, 5.41) is 10.2. The van der Waals surface area contributed by atoms with Gasteiger partial charge in [0.1, 0.15) is 0 Å². The standard InChI is InChI=1S/C15H18N2O2/c1-10-4-11(2)6-13(5-10)14(18)8-17-9-16-12(3)7-15(17)19/h4-7,9,14,18H,8H2,1-3H3. The molecule has 0 radical (unpaired) electrons. The highest BCUT2D eigenvalue weighted by atomic mass is 16.3. The minimum absolute atomic E-state index is 0.143. The number of aliphatic hydroxyl groups is 1. The zero-order valence-corrected chi connectivity index (χ0v) is 11.4. The normalized spacial score (nSPS) is 12.4. The fraction of sp³-hybridized carbons (Fsp3) is 0.333. The number of hydrogen-bond acceptors (Lipinski definition) is 3. The van der Waals surface area contributed by atoms with Crippen molar-refractivity contribution < 1.29 is 5.11 Å². The van der Waals surface area contributed by atoms with E-state index in [1.165, 1.54) is 17.0 Å². The molecule has 2 rings (SSSR count). The lowest BCUT2D eigenvalue weighted by atomic mass is 10.0. The van der Waals surface area contributed by atoms with Crippen LogP contribution in [-0.2, 0) is 6.54 Å². The van der Waals surface area contributed by atoms with Crippen LogP contribution in [0.1, 0.15) is 28.5 Å². The van der Waals surface area contributed by atoms with Crippen LogP contribution in [-0.4, -0.2) is 14.7 Å². The zero-order chi connectivity index (χ0) is 14.0. The number of hydrogen-bond donors (Lipinski definition) is 1. The molecule has 4 nitrogen and oxygen atoms in total. The highest BCUT2D eigenvalue weighted by Crippen LogP contribution is 2.18. The molecule has 2 aromatic rings. The molecular formula is C15H18N2O2. The SMILES string of the molecule is Cc1cc(C)cc(C(O)Cn2cnc(C)cc2=O)c1. The maximum atomic E-state index is 11.8. The van der Waals surface area contributed by atoms with E-state index in [0.29, 0.717) is 5.69 Å². The number of nitrogens with zero attached hydrogens (tertiary/aromatic N) is 2. The lowest BCUT2D eigenvalue weighted by Crippen LogP contribution is -2.23. The molecule has 1 heterocycles. The summed E-state index contributed by atoms with van der Waals surface area (Å²) in [5.74, 6) is 0. The van der Waals surface area contributed by atoms with Gasteiger partial charge in [-0.2, -0.15) is 0 Å². The highest BCUT2D eigenvalue weighted by Gasteiger charge is 2.10. The molecule has 0 aliphatic rings. The van der Waals surface area contributed by atoms with Gasteiger partial charge in [0.2, 0.25) is 0 Å². The van der Waals surface area contributed by atoms with Crippen LogP contribution in [0.25, 0.3) is 0 Å². The maximum absolute atomic E-state index is 11.8. The second kappa shape index (κ2) is 5.36. The van der Waals surface area contributed by atoms with E-state index < -0.39 is 6.10 Å². The average Bonchev–Trinajstić information content (AvgIpc) is 2.31. The Labute approximate surface area is 112 Å². The molecule has 1 aromatic heterocycles. The quantitative estimate of drug-likeness (QED) is 0.914. The van der Waals surface area contributed by atoms with Gasteiger partial charge in [0.15, 0.2) is 0 Å². The Morgan fingerprint density at radius 1 is 1.16 bits per heavy atom.